The zero-order valence-corrected chi connectivity index (χ0v) is 10.8. The van der Waals surface area contributed by atoms with Gasteiger partial charge in [0, 0.05) is 18.3 Å². The largest absolute Gasteiger partial charge is 0.497 e. The first-order chi connectivity index (χ1) is 9.19. The smallest absolute Gasteiger partial charge is 0.273 e. The standard InChI is InChI=1S/C13H10ClN3O2/c1-19-9-4-2-3-8(5-9)17-11-6-12(14)15-7-10(11)13(18)16-17/h2-7H,1H3,(H,16,18). The minimum atomic E-state index is -0.206. The van der Waals surface area contributed by atoms with Crippen molar-refractivity contribution in [3.05, 3.63) is 52.0 Å². The Balaban J connectivity index is 2.30. The van der Waals surface area contributed by atoms with E-state index < -0.39 is 0 Å². The molecule has 1 N–H and O–H groups in total. The number of H-pyrrole nitrogens is 1. The van der Waals surface area contributed by atoms with Crippen LogP contribution < -0.4 is 10.3 Å². The van der Waals surface area contributed by atoms with Crippen molar-refractivity contribution in [2.75, 3.05) is 7.11 Å². The lowest BCUT2D eigenvalue weighted by atomic mass is 10.3. The first-order valence-corrected chi connectivity index (χ1v) is 5.97. The molecule has 3 rings (SSSR count). The fourth-order valence-corrected chi connectivity index (χ4v) is 2.11. The number of hydrogen-bond acceptors (Lipinski definition) is 3. The van der Waals surface area contributed by atoms with Crippen molar-refractivity contribution in [3.8, 4) is 11.4 Å². The number of fused-ring (bicyclic) bond motifs is 1. The van der Waals surface area contributed by atoms with E-state index in [9.17, 15) is 4.79 Å². The molecule has 0 saturated carbocycles. The number of pyridine rings is 1. The number of halogens is 1. The number of methoxy groups -OCH3 is 1. The highest BCUT2D eigenvalue weighted by molar-refractivity contribution is 6.30. The Morgan fingerprint density at radius 3 is 3.00 bits per heavy atom. The number of aromatic amines is 1. The summed E-state index contributed by atoms with van der Waals surface area (Å²) < 4.78 is 6.84. The van der Waals surface area contributed by atoms with E-state index in [1.165, 1.54) is 6.20 Å². The maximum atomic E-state index is 11.8. The number of hydrogen-bond donors (Lipinski definition) is 1. The highest BCUT2D eigenvalue weighted by Crippen LogP contribution is 2.20. The minimum Gasteiger partial charge on any atom is -0.497 e. The lowest BCUT2D eigenvalue weighted by Crippen LogP contribution is -2.03. The van der Waals surface area contributed by atoms with Gasteiger partial charge in [0.25, 0.3) is 5.56 Å². The first-order valence-electron chi connectivity index (χ1n) is 5.60. The molecule has 0 radical (unpaired) electrons. The Labute approximate surface area is 113 Å². The molecule has 0 amide bonds. The van der Waals surface area contributed by atoms with Crippen LogP contribution in [0.25, 0.3) is 16.6 Å². The molecule has 2 aromatic heterocycles. The molecule has 19 heavy (non-hydrogen) atoms. The average Bonchev–Trinajstić information content (AvgIpc) is 2.75. The van der Waals surface area contributed by atoms with Crippen molar-refractivity contribution < 1.29 is 4.74 Å². The minimum absolute atomic E-state index is 0.206. The van der Waals surface area contributed by atoms with Gasteiger partial charge in [-0.05, 0) is 12.1 Å². The molecule has 0 spiro atoms. The summed E-state index contributed by atoms with van der Waals surface area (Å²) in [6.45, 7) is 0. The molecule has 0 atom stereocenters. The van der Waals surface area contributed by atoms with Gasteiger partial charge >= 0.3 is 0 Å². The summed E-state index contributed by atoms with van der Waals surface area (Å²) >= 11 is 5.88. The van der Waals surface area contributed by atoms with Crippen LogP contribution in [0.5, 0.6) is 5.75 Å². The number of nitrogens with one attached hydrogen (secondary N) is 1. The molecule has 2 heterocycles. The van der Waals surface area contributed by atoms with Gasteiger partial charge in [0.15, 0.2) is 0 Å². The summed E-state index contributed by atoms with van der Waals surface area (Å²) in [5.74, 6) is 0.709. The van der Waals surface area contributed by atoms with Crippen LogP contribution in [0.1, 0.15) is 0 Å². The van der Waals surface area contributed by atoms with Gasteiger partial charge in [0.05, 0.1) is 23.7 Å². The van der Waals surface area contributed by atoms with Gasteiger partial charge in [0.1, 0.15) is 10.9 Å². The summed E-state index contributed by atoms with van der Waals surface area (Å²) in [6, 6.07) is 9.02. The van der Waals surface area contributed by atoms with Crippen LogP contribution in [0.15, 0.2) is 41.3 Å². The van der Waals surface area contributed by atoms with Crippen LogP contribution in [0.2, 0.25) is 5.15 Å². The molecule has 5 nitrogen and oxygen atoms in total. The van der Waals surface area contributed by atoms with E-state index in [0.29, 0.717) is 21.8 Å². The summed E-state index contributed by atoms with van der Waals surface area (Å²) in [4.78, 5) is 15.8. The molecule has 0 aliphatic rings. The molecular weight excluding hydrogens is 266 g/mol. The number of nitrogens with zero attached hydrogens (tertiary/aromatic N) is 2. The second kappa shape index (κ2) is 4.44. The van der Waals surface area contributed by atoms with E-state index in [1.54, 1.807) is 17.9 Å². The third kappa shape index (κ3) is 1.98. The van der Waals surface area contributed by atoms with Crippen molar-refractivity contribution in [2.24, 2.45) is 0 Å². The normalized spacial score (nSPS) is 10.8. The van der Waals surface area contributed by atoms with E-state index in [4.69, 9.17) is 16.3 Å². The number of rotatable bonds is 2. The topological polar surface area (TPSA) is 59.9 Å². The predicted molar refractivity (Wildman–Crippen MR) is 73.3 cm³/mol. The summed E-state index contributed by atoms with van der Waals surface area (Å²) in [5, 5.41) is 3.58. The van der Waals surface area contributed by atoms with Gasteiger partial charge in [-0.3, -0.25) is 14.6 Å². The second-order valence-corrected chi connectivity index (χ2v) is 4.39. The lowest BCUT2D eigenvalue weighted by Gasteiger charge is -2.06. The van der Waals surface area contributed by atoms with Crippen molar-refractivity contribution in [1.82, 2.24) is 14.8 Å². The molecule has 0 fully saturated rings. The Morgan fingerprint density at radius 1 is 1.37 bits per heavy atom. The quantitative estimate of drug-likeness (QED) is 0.731. The second-order valence-electron chi connectivity index (χ2n) is 4.00. The third-order valence-corrected chi connectivity index (χ3v) is 3.07. The molecule has 0 saturated heterocycles. The van der Waals surface area contributed by atoms with Gasteiger partial charge in [-0.25, -0.2) is 4.98 Å². The van der Waals surface area contributed by atoms with Crippen LogP contribution in [-0.4, -0.2) is 21.9 Å². The van der Waals surface area contributed by atoms with Gasteiger partial charge in [-0.15, -0.1) is 0 Å². The fourth-order valence-electron chi connectivity index (χ4n) is 1.96. The molecule has 0 bridgehead atoms. The van der Waals surface area contributed by atoms with Crippen LogP contribution in [0.3, 0.4) is 0 Å². The molecule has 3 aromatic rings. The molecular formula is C13H10ClN3O2. The summed E-state index contributed by atoms with van der Waals surface area (Å²) in [7, 11) is 1.59. The van der Waals surface area contributed by atoms with Crippen molar-refractivity contribution in [2.45, 2.75) is 0 Å². The lowest BCUT2D eigenvalue weighted by molar-refractivity contribution is 0.414. The van der Waals surface area contributed by atoms with E-state index in [1.807, 2.05) is 24.3 Å². The predicted octanol–water partition coefficient (Wildman–Crippen LogP) is 2.38. The highest BCUT2D eigenvalue weighted by atomic mass is 35.5. The van der Waals surface area contributed by atoms with Gasteiger partial charge in [-0.1, -0.05) is 17.7 Å². The number of aromatic nitrogens is 3. The molecule has 0 unspecified atom stereocenters. The van der Waals surface area contributed by atoms with Gasteiger partial charge in [-0.2, -0.15) is 0 Å². The average molecular weight is 276 g/mol. The molecule has 0 aliphatic heterocycles. The van der Waals surface area contributed by atoms with Crippen LogP contribution in [0.4, 0.5) is 0 Å². The Bertz CT molecular complexity index is 807. The molecule has 1 aromatic carbocycles. The number of benzene rings is 1. The zero-order valence-electron chi connectivity index (χ0n) is 10.1. The van der Waals surface area contributed by atoms with Crippen LogP contribution >= 0.6 is 11.6 Å². The monoisotopic (exact) mass is 275 g/mol. The van der Waals surface area contributed by atoms with E-state index >= 15 is 0 Å². The van der Waals surface area contributed by atoms with Crippen molar-refractivity contribution >= 4 is 22.5 Å². The molecule has 96 valence electrons. The van der Waals surface area contributed by atoms with Crippen molar-refractivity contribution in [1.29, 1.82) is 0 Å². The molecule has 6 heteroatoms. The zero-order chi connectivity index (χ0) is 13.4. The third-order valence-electron chi connectivity index (χ3n) is 2.86. The van der Waals surface area contributed by atoms with E-state index in [0.717, 1.165) is 5.69 Å². The molecule has 0 aliphatic carbocycles. The maximum absolute atomic E-state index is 11.8. The number of ether oxygens (including phenoxy) is 1. The Morgan fingerprint density at radius 2 is 2.21 bits per heavy atom. The van der Waals surface area contributed by atoms with Gasteiger partial charge < -0.3 is 4.74 Å². The fraction of sp³-hybridized carbons (Fsp3) is 0.0769. The highest BCUT2D eigenvalue weighted by Gasteiger charge is 2.09. The Kier molecular flexibility index (Phi) is 2.76. The van der Waals surface area contributed by atoms with Crippen LogP contribution in [0, 0.1) is 0 Å². The first kappa shape index (κ1) is 11.8. The summed E-state index contributed by atoms with van der Waals surface area (Å²) in [5.41, 5.74) is 1.26. The van der Waals surface area contributed by atoms with Gasteiger partial charge in [0.2, 0.25) is 0 Å². The summed E-state index contributed by atoms with van der Waals surface area (Å²) in [6.07, 6.45) is 1.47. The van der Waals surface area contributed by atoms with Crippen LogP contribution in [-0.2, 0) is 0 Å². The van der Waals surface area contributed by atoms with E-state index in [2.05, 4.69) is 10.1 Å². The van der Waals surface area contributed by atoms with E-state index in [-0.39, 0.29) is 5.56 Å². The Hall–Kier alpha value is -2.27. The maximum Gasteiger partial charge on any atom is 0.273 e. The SMILES string of the molecule is COc1cccc(-n2[nH]c(=O)c3cnc(Cl)cc32)c1. The van der Waals surface area contributed by atoms with Crippen molar-refractivity contribution in [3.63, 3.8) is 0 Å².